The summed E-state index contributed by atoms with van der Waals surface area (Å²) >= 11 is 0. The molecule has 0 saturated carbocycles. The molecule has 1 aliphatic heterocycles. The summed E-state index contributed by atoms with van der Waals surface area (Å²) in [6, 6.07) is 5.26. The first-order valence-corrected chi connectivity index (χ1v) is 7.69. The van der Waals surface area contributed by atoms with Crippen molar-refractivity contribution in [1.29, 1.82) is 0 Å². The Morgan fingerprint density at radius 1 is 1.29 bits per heavy atom. The summed E-state index contributed by atoms with van der Waals surface area (Å²) in [5.74, 6) is -1.44. The van der Waals surface area contributed by atoms with Crippen molar-refractivity contribution < 1.29 is 14.5 Å². The standard InChI is InChI=1S/C17H21N3O4/c1-9(2)24-17(21)14-11(4)19-12(5)16(20(22)23)15(14)13-8-6-7-10(3)18-13/h6-9,15,19H,1-5H3/t15-/m1/s1. The maximum atomic E-state index is 12.6. The van der Waals surface area contributed by atoms with E-state index in [2.05, 4.69) is 10.3 Å². The zero-order chi connectivity index (χ0) is 18.0. The first kappa shape index (κ1) is 17.7. The van der Waals surface area contributed by atoms with Crippen molar-refractivity contribution in [3.63, 3.8) is 0 Å². The Morgan fingerprint density at radius 2 is 1.96 bits per heavy atom. The number of dihydropyridines is 1. The van der Waals surface area contributed by atoms with Crippen LogP contribution in [0.25, 0.3) is 0 Å². The van der Waals surface area contributed by atoms with Gasteiger partial charge in [0.2, 0.25) is 0 Å². The van der Waals surface area contributed by atoms with Gasteiger partial charge in [-0.25, -0.2) is 4.79 Å². The van der Waals surface area contributed by atoms with Crippen molar-refractivity contribution >= 4 is 5.97 Å². The number of pyridine rings is 1. The van der Waals surface area contributed by atoms with Crippen molar-refractivity contribution in [3.8, 4) is 0 Å². The van der Waals surface area contributed by atoms with Crippen molar-refractivity contribution in [2.45, 2.75) is 46.6 Å². The van der Waals surface area contributed by atoms with E-state index < -0.39 is 16.8 Å². The molecule has 0 spiro atoms. The lowest BCUT2D eigenvalue weighted by Crippen LogP contribution is -2.32. The summed E-state index contributed by atoms with van der Waals surface area (Å²) in [5, 5.41) is 14.6. The number of allylic oxidation sites excluding steroid dienone is 3. The molecule has 2 rings (SSSR count). The number of nitrogens with one attached hydrogen (secondary N) is 1. The molecular weight excluding hydrogens is 310 g/mol. The molecule has 0 radical (unpaired) electrons. The highest BCUT2D eigenvalue weighted by Gasteiger charge is 2.41. The van der Waals surface area contributed by atoms with Crippen LogP contribution in [0.5, 0.6) is 0 Å². The minimum absolute atomic E-state index is 0.0885. The van der Waals surface area contributed by atoms with Crippen LogP contribution >= 0.6 is 0 Å². The van der Waals surface area contributed by atoms with E-state index in [0.717, 1.165) is 5.69 Å². The molecule has 0 aliphatic carbocycles. The number of rotatable bonds is 4. The number of nitro groups is 1. The van der Waals surface area contributed by atoms with E-state index in [9.17, 15) is 14.9 Å². The van der Waals surface area contributed by atoms with Crippen LogP contribution in [0, 0.1) is 17.0 Å². The minimum Gasteiger partial charge on any atom is -0.460 e. The number of esters is 1. The summed E-state index contributed by atoms with van der Waals surface area (Å²) in [4.78, 5) is 28.1. The summed E-state index contributed by atoms with van der Waals surface area (Å²) in [6.07, 6.45) is -0.324. The zero-order valence-electron chi connectivity index (χ0n) is 14.4. The molecule has 0 aromatic carbocycles. The first-order chi connectivity index (χ1) is 11.2. The summed E-state index contributed by atoms with van der Waals surface area (Å²) in [7, 11) is 0. The van der Waals surface area contributed by atoms with Crippen molar-refractivity contribution in [1.82, 2.24) is 10.3 Å². The second-order valence-electron chi connectivity index (χ2n) is 6.02. The molecule has 1 aromatic rings. The molecular formula is C17H21N3O4. The molecule has 128 valence electrons. The quantitative estimate of drug-likeness (QED) is 0.518. The molecule has 0 saturated heterocycles. The summed E-state index contributed by atoms with van der Waals surface area (Å²) < 4.78 is 5.30. The highest BCUT2D eigenvalue weighted by Crippen LogP contribution is 2.38. The average molecular weight is 331 g/mol. The van der Waals surface area contributed by atoms with Gasteiger partial charge in [0.15, 0.2) is 0 Å². The molecule has 0 fully saturated rings. The Kier molecular flexibility index (Phi) is 5.02. The number of carbonyl (C=O) groups is 1. The summed E-state index contributed by atoms with van der Waals surface area (Å²) in [5.41, 5.74) is 2.25. The maximum absolute atomic E-state index is 12.6. The molecule has 7 heteroatoms. The van der Waals surface area contributed by atoms with Gasteiger partial charge in [0, 0.05) is 11.4 Å². The Hall–Kier alpha value is -2.70. The van der Waals surface area contributed by atoms with Crippen LogP contribution in [-0.2, 0) is 9.53 Å². The fourth-order valence-corrected chi connectivity index (χ4v) is 2.79. The second-order valence-corrected chi connectivity index (χ2v) is 6.02. The maximum Gasteiger partial charge on any atom is 0.337 e. The Morgan fingerprint density at radius 3 is 2.50 bits per heavy atom. The highest BCUT2D eigenvalue weighted by atomic mass is 16.6. The van der Waals surface area contributed by atoms with E-state index >= 15 is 0 Å². The third kappa shape index (κ3) is 3.45. The number of hydrogen-bond acceptors (Lipinski definition) is 6. The molecule has 0 unspecified atom stereocenters. The third-order valence-electron chi connectivity index (χ3n) is 3.69. The van der Waals surface area contributed by atoms with Crippen LogP contribution in [0.4, 0.5) is 0 Å². The number of hydrogen-bond donors (Lipinski definition) is 1. The van der Waals surface area contributed by atoms with Gasteiger partial charge in [-0.3, -0.25) is 15.1 Å². The molecule has 0 amide bonds. The van der Waals surface area contributed by atoms with Gasteiger partial charge < -0.3 is 10.1 Å². The van der Waals surface area contributed by atoms with Crippen molar-refractivity contribution in [2.75, 3.05) is 0 Å². The smallest absolute Gasteiger partial charge is 0.337 e. The van der Waals surface area contributed by atoms with E-state index in [-0.39, 0.29) is 17.4 Å². The number of ether oxygens (including phenoxy) is 1. The van der Waals surface area contributed by atoms with Gasteiger partial charge in [0.05, 0.1) is 28.0 Å². The second kappa shape index (κ2) is 6.82. The van der Waals surface area contributed by atoms with E-state index in [4.69, 9.17) is 4.74 Å². The molecule has 2 heterocycles. The topological polar surface area (TPSA) is 94.4 Å². The fourth-order valence-electron chi connectivity index (χ4n) is 2.79. The monoisotopic (exact) mass is 331 g/mol. The average Bonchev–Trinajstić information content (AvgIpc) is 2.44. The Bertz CT molecular complexity index is 750. The van der Waals surface area contributed by atoms with Crippen LogP contribution < -0.4 is 5.32 Å². The largest absolute Gasteiger partial charge is 0.460 e. The number of nitrogens with zero attached hydrogens (tertiary/aromatic N) is 2. The van der Waals surface area contributed by atoms with Gasteiger partial charge in [0.1, 0.15) is 5.92 Å². The van der Waals surface area contributed by atoms with Crippen molar-refractivity contribution in [2.24, 2.45) is 0 Å². The minimum atomic E-state index is -0.868. The molecule has 1 atom stereocenters. The van der Waals surface area contributed by atoms with Crippen LogP contribution in [0.2, 0.25) is 0 Å². The van der Waals surface area contributed by atoms with Gasteiger partial charge in [-0.05, 0) is 46.8 Å². The van der Waals surface area contributed by atoms with Crippen LogP contribution in [0.1, 0.15) is 45.0 Å². The lowest BCUT2D eigenvalue weighted by Gasteiger charge is -2.26. The van der Waals surface area contributed by atoms with E-state index in [1.807, 2.05) is 0 Å². The van der Waals surface area contributed by atoms with Gasteiger partial charge in [-0.15, -0.1) is 0 Å². The molecule has 24 heavy (non-hydrogen) atoms. The zero-order valence-corrected chi connectivity index (χ0v) is 14.4. The van der Waals surface area contributed by atoms with Crippen LogP contribution in [0.15, 0.2) is 40.9 Å². The Labute approximate surface area is 140 Å². The van der Waals surface area contributed by atoms with Crippen LogP contribution in [0.3, 0.4) is 0 Å². The van der Waals surface area contributed by atoms with E-state index in [1.165, 1.54) is 0 Å². The predicted molar refractivity (Wildman–Crippen MR) is 88.5 cm³/mol. The predicted octanol–water partition coefficient (Wildman–Crippen LogP) is 2.81. The molecule has 1 aromatic heterocycles. The lowest BCUT2D eigenvalue weighted by atomic mass is 9.86. The number of aromatic nitrogens is 1. The molecule has 7 nitrogen and oxygen atoms in total. The highest BCUT2D eigenvalue weighted by molar-refractivity contribution is 5.92. The van der Waals surface area contributed by atoms with Gasteiger partial charge in [-0.2, -0.15) is 0 Å². The van der Waals surface area contributed by atoms with E-state index in [1.54, 1.807) is 52.8 Å². The number of carbonyl (C=O) groups excluding carboxylic acids is 1. The van der Waals surface area contributed by atoms with Gasteiger partial charge >= 0.3 is 5.97 Å². The third-order valence-corrected chi connectivity index (χ3v) is 3.69. The number of aryl methyl sites for hydroxylation is 1. The lowest BCUT2D eigenvalue weighted by molar-refractivity contribution is -0.431. The summed E-state index contributed by atoms with van der Waals surface area (Å²) in [6.45, 7) is 8.60. The van der Waals surface area contributed by atoms with Gasteiger partial charge in [-0.1, -0.05) is 6.07 Å². The molecule has 1 aliphatic rings. The van der Waals surface area contributed by atoms with Crippen LogP contribution in [-0.4, -0.2) is 22.0 Å². The fraction of sp³-hybridized carbons (Fsp3) is 0.412. The Balaban J connectivity index is 2.64. The SMILES string of the molecule is CC1=C(C(=O)OC(C)C)[C@@H](c2cccc(C)n2)C([N+](=O)[O-])=C(C)N1. The molecule has 0 bridgehead atoms. The normalized spacial score (nSPS) is 17.8. The van der Waals surface area contributed by atoms with Crippen molar-refractivity contribution in [3.05, 3.63) is 62.4 Å². The first-order valence-electron chi connectivity index (χ1n) is 7.69. The molecule has 1 N–H and O–H groups in total. The van der Waals surface area contributed by atoms with Gasteiger partial charge in [0.25, 0.3) is 5.70 Å². The van der Waals surface area contributed by atoms with E-state index in [0.29, 0.717) is 17.1 Å².